The predicted molar refractivity (Wildman–Crippen MR) is 99.7 cm³/mol. The second kappa shape index (κ2) is 8.29. The molecule has 3 nitrogen and oxygen atoms in total. The summed E-state index contributed by atoms with van der Waals surface area (Å²) in [5.74, 6) is -4.66. The van der Waals surface area contributed by atoms with Crippen LogP contribution in [-0.4, -0.2) is 22.9 Å². The van der Waals surface area contributed by atoms with Crippen LogP contribution in [-0.2, 0) is 6.42 Å². The molecule has 0 aliphatic heterocycles. The Bertz CT molecular complexity index is 829. The van der Waals surface area contributed by atoms with Crippen molar-refractivity contribution in [1.82, 2.24) is 15.3 Å². The van der Waals surface area contributed by atoms with E-state index in [-0.39, 0.29) is 35.9 Å². The third-order valence-corrected chi connectivity index (χ3v) is 5.41. The van der Waals surface area contributed by atoms with Crippen molar-refractivity contribution in [1.29, 1.82) is 0 Å². The van der Waals surface area contributed by atoms with Gasteiger partial charge in [-0.3, -0.25) is 0 Å². The Morgan fingerprint density at radius 3 is 2.57 bits per heavy atom. The SMILES string of the molecule is C/C=C(\NC)C1CC(F)(F)CCC1Cc1cc(F)c(-c2ccncn2)c(F)c1. The number of allylic oxidation sites excluding steroid dienone is 2. The normalized spacial score (nSPS) is 22.1. The quantitative estimate of drug-likeness (QED) is 0.715. The predicted octanol–water partition coefficient (Wildman–Crippen LogP) is 5.14. The Hall–Kier alpha value is -2.44. The van der Waals surface area contributed by atoms with E-state index >= 15 is 0 Å². The minimum atomic E-state index is -2.72. The Morgan fingerprint density at radius 1 is 1.29 bits per heavy atom. The highest BCUT2D eigenvalue weighted by Crippen LogP contribution is 2.44. The molecule has 1 heterocycles. The summed E-state index contributed by atoms with van der Waals surface area (Å²) >= 11 is 0. The summed E-state index contributed by atoms with van der Waals surface area (Å²) in [4.78, 5) is 7.65. The third-order valence-electron chi connectivity index (χ3n) is 5.41. The summed E-state index contributed by atoms with van der Waals surface area (Å²) in [5.41, 5.74) is 1.16. The molecule has 1 aromatic carbocycles. The Balaban J connectivity index is 1.88. The van der Waals surface area contributed by atoms with Gasteiger partial charge in [-0.1, -0.05) is 6.08 Å². The second-order valence-corrected chi connectivity index (χ2v) is 7.19. The highest BCUT2D eigenvalue weighted by Gasteiger charge is 2.42. The van der Waals surface area contributed by atoms with Gasteiger partial charge in [0.05, 0.1) is 11.3 Å². The molecule has 2 atom stereocenters. The largest absolute Gasteiger partial charge is 0.391 e. The summed E-state index contributed by atoms with van der Waals surface area (Å²) < 4.78 is 57.2. The van der Waals surface area contributed by atoms with Gasteiger partial charge in [-0.05, 0) is 49.4 Å². The van der Waals surface area contributed by atoms with Crippen molar-refractivity contribution in [3.05, 3.63) is 59.7 Å². The van der Waals surface area contributed by atoms with E-state index in [1.165, 1.54) is 30.7 Å². The van der Waals surface area contributed by atoms with Crippen LogP contribution >= 0.6 is 0 Å². The summed E-state index contributed by atoms with van der Waals surface area (Å²) in [6.45, 7) is 1.80. The molecule has 0 spiro atoms. The monoisotopic (exact) mass is 393 g/mol. The first-order valence-corrected chi connectivity index (χ1v) is 9.30. The molecule has 0 bridgehead atoms. The van der Waals surface area contributed by atoms with E-state index in [2.05, 4.69) is 15.3 Å². The molecule has 7 heteroatoms. The first kappa shape index (κ1) is 20.3. The van der Waals surface area contributed by atoms with Gasteiger partial charge in [-0.2, -0.15) is 0 Å². The van der Waals surface area contributed by atoms with Crippen LogP contribution in [0.2, 0.25) is 0 Å². The zero-order valence-electron chi connectivity index (χ0n) is 15.9. The first-order chi connectivity index (χ1) is 13.3. The van der Waals surface area contributed by atoms with Crippen molar-refractivity contribution in [2.75, 3.05) is 7.05 Å². The van der Waals surface area contributed by atoms with Gasteiger partial charge in [0.15, 0.2) is 0 Å². The van der Waals surface area contributed by atoms with E-state index in [9.17, 15) is 17.6 Å². The van der Waals surface area contributed by atoms with E-state index in [0.717, 1.165) is 5.70 Å². The van der Waals surface area contributed by atoms with Crippen LogP contribution in [0.5, 0.6) is 0 Å². The van der Waals surface area contributed by atoms with Crippen LogP contribution in [0.15, 0.2) is 42.5 Å². The van der Waals surface area contributed by atoms with Crippen LogP contribution < -0.4 is 5.32 Å². The van der Waals surface area contributed by atoms with Crippen LogP contribution in [0.4, 0.5) is 17.6 Å². The molecule has 1 N–H and O–H groups in total. The van der Waals surface area contributed by atoms with Gasteiger partial charge in [0.2, 0.25) is 5.92 Å². The molecule has 1 aromatic heterocycles. The van der Waals surface area contributed by atoms with Crippen molar-refractivity contribution in [3.63, 3.8) is 0 Å². The Morgan fingerprint density at radius 2 is 2.00 bits per heavy atom. The van der Waals surface area contributed by atoms with Gasteiger partial charge in [-0.25, -0.2) is 27.5 Å². The summed E-state index contributed by atoms with van der Waals surface area (Å²) in [6, 6.07) is 3.99. The summed E-state index contributed by atoms with van der Waals surface area (Å²) in [5, 5.41) is 2.99. The molecular formula is C21H23F4N3. The maximum Gasteiger partial charge on any atom is 0.248 e. The smallest absolute Gasteiger partial charge is 0.248 e. The number of halogens is 4. The average molecular weight is 393 g/mol. The molecule has 1 fully saturated rings. The van der Waals surface area contributed by atoms with Crippen molar-refractivity contribution in [2.45, 2.75) is 38.5 Å². The lowest BCUT2D eigenvalue weighted by atomic mass is 9.73. The average Bonchev–Trinajstić information content (AvgIpc) is 2.65. The van der Waals surface area contributed by atoms with Gasteiger partial charge in [0, 0.05) is 37.7 Å². The molecule has 1 aliphatic carbocycles. The molecule has 0 saturated heterocycles. The highest BCUT2D eigenvalue weighted by atomic mass is 19.3. The zero-order valence-corrected chi connectivity index (χ0v) is 15.9. The molecule has 3 rings (SSSR count). The fourth-order valence-corrected chi connectivity index (χ4v) is 4.07. The molecular weight excluding hydrogens is 370 g/mol. The second-order valence-electron chi connectivity index (χ2n) is 7.19. The number of aromatic nitrogens is 2. The number of rotatable bonds is 5. The van der Waals surface area contributed by atoms with Crippen LogP contribution in [0.3, 0.4) is 0 Å². The lowest BCUT2D eigenvalue weighted by molar-refractivity contribution is -0.0633. The molecule has 1 aliphatic rings. The molecule has 28 heavy (non-hydrogen) atoms. The lowest BCUT2D eigenvalue weighted by Gasteiger charge is -2.37. The van der Waals surface area contributed by atoms with Gasteiger partial charge < -0.3 is 5.32 Å². The van der Waals surface area contributed by atoms with Crippen LogP contribution in [0.25, 0.3) is 11.3 Å². The standard InChI is InChI=1S/C21H23F4N3/c1-3-18(26-2)15-11-21(24,25)6-4-14(15)8-13-9-16(22)20(17(23)10-13)19-5-7-27-12-28-19/h3,5,7,9-10,12,14-15,26H,4,6,8,11H2,1-2H3/b18-3-. The number of nitrogens with one attached hydrogen (secondary N) is 1. The number of nitrogens with zero attached hydrogens (tertiary/aromatic N) is 2. The molecule has 0 amide bonds. The summed E-state index contributed by atoms with van der Waals surface area (Å²) in [7, 11) is 1.70. The molecule has 2 aromatic rings. The van der Waals surface area contributed by atoms with Gasteiger partial charge in [0.25, 0.3) is 0 Å². The highest BCUT2D eigenvalue weighted by molar-refractivity contribution is 5.60. The fourth-order valence-electron chi connectivity index (χ4n) is 4.07. The van der Waals surface area contributed by atoms with Crippen molar-refractivity contribution >= 4 is 0 Å². The van der Waals surface area contributed by atoms with E-state index in [4.69, 9.17) is 0 Å². The Labute approximate surface area is 161 Å². The molecule has 1 saturated carbocycles. The molecule has 0 radical (unpaired) electrons. The maximum absolute atomic E-state index is 14.6. The van der Waals surface area contributed by atoms with Crippen molar-refractivity contribution < 1.29 is 17.6 Å². The number of hydrogen-bond donors (Lipinski definition) is 1. The van der Waals surface area contributed by atoms with E-state index < -0.39 is 17.6 Å². The molecule has 2 unspecified atom stereocenters. The van der Waals surface area contributed by atoms with Gasteiger partial charge in [-0.15, -0.1) is 0 Å². The number of hydrogen-bond acceptors (Lipinski definition) is 3. The van der Waals surface area contributed by atoms with E-state index in [1.807, 2.05) is 0 Å². The third kappa shape index (κ3) is 4.34. The summed E-state index contributed by atoms with van der Waals surface area (Å²) in [6.07, 6.45) is 4.59. The Kier molecular flexibility index (Phi) is 6.01. The zero-order chi connectivity index (χ0) is 20.3. The van der Waals surface area contributed by atoms with E-state index in [1.54, 1.807) is 20.0 Å². The van der Waals surface area contributed by atoms with Gasteiger partial charge in [0.1, 0.15) is 18.0 Å². The van der Waals surface area contributed by atoms with Crippen molar-refractivity contribution in [3.8, 4) is 11.3 Å². The molecule has 150 valence electrons. The van der Waals surface area contributed by atoms with Crippen molar-refractivity contribution in [2.24, 2.45) is 11.8 Å². The lowest BCUT2D eigenvalue weighted by Crippen LogP contribution is -2.37. The van der Waals surface area contributed by atoms with Gasteiger partial charge >= 0.3 is 0 Å². The van der Waals surface area contributed by atoms with E-state index in [0.29, 0.717) is 18.4 Å². The van der Waals surface area contributed by atoms with Crippen LogP contribution in [0.1, 0.15) is 31.7 Å². The minimum Gasteiger partial charge on any atom is -0.391 e. The first-order valence-electron chi connectivity index (χ1n) is 9.30. The minimum absolute atomic E-state index is 0.123. The topological polar surface area (TPSA) is 37.8 Å². The van der Waals surface area contributed by atoms with Crippen LogP contribution in [0, 0.1) is 23.5 Å². The number of benzene rings is 1. The fraction of sp³-hybridized carbons (Fsp3) is 0.429. The number of alkyl halides is 2. The maximum atomic E-state index is 14.6.